The molecule has 1 atom stereocenters. The Balaban J connectivity index is 0.00000261. The first kappa shape index (κ1) is 22.1. The van der Waals surface area contributed by atoms with Crippen LogP contribution in [0.4, 0.5) is 0 Å². The average molecular weight is 417 g/mol. The Morgan fingerprint density at radius 2 is 1.85 bits per heavy atom. The smallest absolute Gasteiger partial charge is 0.243 e. The van der Waals surface area contributed by atoms with Crippen LogP contribution in [0.5, 0.6) is 0 Å². The molecule has 1 unspecified atom stereocenters. The Morgan fingerprint density at radius 1 is 1.15 bits per heavy atom. The molecule has 9 heteroatoms. The topological polar surface area (TPSA) is 81.8 Å². The number of benzene rings is 1. The van der Waals surface area contributed by atoms with Gasteiger partial charge in [-0.2, -0.15) is 4.31 Å². The number of amides is 1. The molecule has 2 aliphatic rings. The highest BCUT2D eigenvalue weighted by atomic mass is 35.5. The largest absolute Gasteiger partial charge is 0.355 e. The van der Waals surface area contributed by atoms with E-state index in [1.165, 1.54) is 4.31 Å². The van der Waals surface area contributed by atoms with E-state index < -0.39 is 16.1 Å². The van der Waals surface area contributed by atoms with Crippen LogP contribution >= 0.6 is 12.4 Å². The molecule has 7 nitrogen and oxygen atoms in total. The Kier molecular flexibility index (Phi) is 8.50. The lowest BCUT2D eigenvalue weighted by molar-refractivity contribution is -0.124. The van der Waals surface area contributed by atoms with Gasteiger partial charge in [0.2, 0.25) is 15.9 Å². The summed E-state index contributed by atoms with van der Waals surface area (Å²) in [6.07, 6.45) is 2.17. The Morgan fingerprint density at radius 3 is 2.56 bits per heavy atom. The summed E-state index contributed by atoms with van der Waals surface area (Å²) in [6.45, 7) is 6.05. The number of piperazine rings is 1. The van der Waals surface area contributed by atoms with E-state index in [1.54, 1.807) is 30.3 Å². The Bertz CT molecular complexity index is 696. The van der Waals surface area contributed by atoms with Crippen molar-refractivity contribution in [3.63, 3.8) is 0 Å². The van der Waals surface area contributed by atoms with E-state index in [0.29, 0.717) is 25.9 Å². The monoisotopic (exact) mass is 416 g/mol. The van der Waals surface area contributed by atoms with Crippen LogP contribution in [0.25, 0.3) is 0 Å². The summed E-state index contributed by atoms with van der Waals surface area (Å²) in [5, 5.41) is 6.25. The highest BCUT2D eigenvalue weighted by Crippen LogP contribution is 2.26. The molecule has 2 saturated heterocycles. The van der Waals surface area contributed by atoms with E-state index in [4.69, 9.17) is 0 Å². The second kappa shape index (κ2) is 10.4. The number of carbonyl (C=O) groups is 1. The number of hydrogen-bond acceptors (Lipinski definition) is 5. The minimum atomic E-state index is -3.62. The van der Waals surface area contributed by atoms with E-state index in [9.17, 15) is 13.2 Å². The molecule has 2 fully saturated rings. The quantitative estimate of drug-likeness (QED) is 0.638. The molecule has 2 aliphatic heterocycles. The molecule has 0 saturated carbocycles. The maximum absolute atomic E-state index is 12.8. The predicted molar refractivity (Wildman–Crippen MR) is 108 cm³/mol. The third kappa shape index (κ3) is 5.65. The van der Waals surface area contributed by atoms with E-state index in [2.05, 4.69) is 15.5 Å². The predicted octanol–water partition coefficient (Wildman–Crippen LogP) is 0.673. The number of nitrogens with zero attached hydrogens (tertiary/aromatic N) is 2. The van der Waals surface area contributed by atoms with Crippen LogP contribution in [0.3, 0.4) is 0 Å². The van der Waals surface area contributed by atoms with Gasteiger partial charge in [0, 0.05) is 39.3 Å². The van der Waals surface area contributed by atoms with Gasteiger partial charge in [-0.15, -0.1) is 12.4 Å². The summed E-state index contributed by atoms with van der Waals surface area (Å²) < 4.78 is 27.0. The van der Waals surface area contributed by atoms with Crippen molar-refractivity contribution in [1.82, 2.24) is 19.8 Å². The Labute approximate surface area is 167 Å². The first-order valence-electron chi connectivity index (χ1n) is 9.37. The SMILES string of the molecule is Cl.O=C(NCCCN1CCNCC1)C1CCCN1S(=O)(=O)c1ccccc1. The third-order valence-corrected chi connectivity index (χ3v) is 6.94. The summed E-state index contributed by atoms with van der Waals surface area (Å²) in [5.41, 5.74) is 0. The maximum Gasteiger partial charge on any atom is 0.243 e. The van der Waals surface area contributed by atoms with E-state index in [0.717, 1.165) is 39.1 Å². The normalized spacial score (nSPS) is 21.6. The van der Waals surface area contributed by atoms with Gasteiger partial charge in [-0.3, -0.25) is 4.79 Å². The van der Waals surface area contributed by atoms with Crippen LogP contribution in [-0.2, 0) is 14.8 Å². The molecule has 0 spiro atoms. The summed E-state index contributed by atoms with van der Waals surface area (Å²) in [4.78, 5) is 15.2. The molecule has 152 valence electrons. The zero-order valence-corrected chi connectivity index (χ0v) is 17.1. The highest BCUT2D eigenvalue weighted by Gasteiger charge is 2.39. The first-order valence-corrected chi connectivity index (χ1v) is 10.8. The molecule has 1 aromatic rings. The standard InChI is InChI=1S/C18H28N4O3S.ClH/c23-18(20-9-5-12-21-14-10-19-11-15-21)17-8-4-13-22(17)26(24,25)16-6-2-1-3-7-16;/h1-3,6-7,17,19H,4-5,8-15H2,(H,20,23);1H. The lowest BCUT2D eigenvalue weighted by atomic mass is 10.2. The fraction of sp³-hybridized carbons (Fsp3) is 0.611. The van der Waals surface area contributed by atoms with Crippen LogP contribution in [0.2, 0.25) is 0 Å². The number of halogens is 1. The molecule has 2 N–H and O–H groups in total. The summed E-state index contributed by atoms with van der Waals surface area (Å²) >= 11 is 0. The van der Waals surface area contributed by atoms with Crippen molar-refractivity contribution in [1.29, 1.82) is 0 Å². The first-order chi connectivity index (χ1) is 12.6. The summed E-state index contributed by atoms with van der Waals surface area (Å²) in [5.74, 6) is -0.178. The molecule has 2 heterocycles. The molecule has 1 amide bonds. The number of hydrogen-bond donors (Lipinski definition) is 2. The van der Waals surface area contributed by atoms with Crippen LogP contribution < -0.4 is 10.6 Å². The van der Waals surface area contributed by atoms with Gasteiger partial charge in [0.1, 0.15) is 6.04 Å². The molecular formula is C18H29ClN4O3S. The summed E-state index contributed by atoms with van der Waals surface area (Å²) in [7, 11) is -3.62. The second-order valence-electron chi connectivity index (χ2n) is 6.82. The average Bonchev–Trinajstić information content (AvgIpc) is 3.17. The van der Waals surface area contributed by atoms with Gasteiger partial charge >= 0.3 is 0 Å². The summed E-state index contributed by atoms with van der Waals surface area (Å²) in [6, 6.07) is 7.75. The molecule has 3 rings (SSSR count). The minimum Gasteiger partial charge on any atom is -0.355 e. The van der Waals surface area contributed by atoms with Crippen molar-refractivity contribution >= 4 is 28.3 Å². The van der Waals surface area contributed by atoms with E-state index in [1.807, 2.05) is 0 Å². The minimum absolute atomic E-state index is 0. The molecule has 0 aliphatic carbocycles. The maximum atomic E-state index is 12.8. The molecular weight excluding hydrogens is 388 g/mol. The third-order valence-electron chi connectivity index (χ3n) is 5.02. The van der Waals surface area contributed by atoms with Gasteiger partial charge in [-0.25, -0.2) is 8.42 Å². The highest BCUT2D eigenvalue weighted by molar-refractivity contribution is 7.89. The van der Waals surface area contributed by atoms with Gasteiger partial charge in [0.05, 0.1) is 4.90 Å². The number of rotatable bonds is 7. The number of carbonyl (C=O) groups excluding carboxylic acids is 1. The molecule has 0 aromatic heterocycles. The molecule has 0 bridgehead atoms. The molecule has 27 heavy (non-hydrogen) atoms. The number of sulfonamides is 1. The fourth-order valence-electron chi connectivity index (χ4n) is 3.58. The van der Waals surface area contributed by atoms with E-state index >= 15 is 0 Å². The van der Waals surface area contributed by atoms with Crippen molar-refractivity contribution in [3.05, 3.63) is 30.3 Å². The molecule has 1 aromatic carbocycles. The fourth-order valence-corrected chi connectivity index (χ4v) is 5.26. The zero-order valence-electron chi connectivity index (χ0n) is 15.5. The van der Waals surface area contributed by atoms with Gasteiger partial charge in [0.15, 0.2) is 0 Å². The lowest BCUT2D eigenvalue weighted by Gasteiger charge is -2.27. The van der Waals surface area contributed by atoms with Crippen molar-refractivity contribution in [2.24, 2.45) is 0 Å². The lowest BCUT2D eigenvalue weighted by Crippen LogP contribution is -2.47. The second-order valence-corrected chi connectivity index (χ2v) is 8.71. The number of nitrogens with one attached hydrogen (secondary N) is 2. The zero-order chi connectivity index (χ0) is 18.4. The van der Waals surface area contributed by atoms with Crippen LogP contribution in [0.15, 0.2) is 35.2 Å². The van der Waals surface area contributed by atoms with Crippen molar-refractivity contribution < 1.29 is 13.2 Å². The Hall–Kier alpha value is -1.19. The van der Waals surface area contributed by atoms with Crippen LogP contribution in [0.1, 0.15) is 19.3 Å². The van der Waals surface area contributed by atoms with Gasteiger partial charge in [-0.05, 0) is 37.9 Å². The van der Waals surface area contributed by atoms with Gasteiger partial charge in [0.25, 0.3) is 0 Å². The van der Waals surface area contributed by atoms with Crippen molar-refractivity contribution in [2.45, 2.75) is 30.2 Å². The van der Waals surface area contributed by atoms with Gasteiger partial charge in [-0.1, -0.05) is 18.2 Å². The van der Waals surface area contributed by atoms with Crippen molar-refractivity contribution in [3.8, 4) is 0 Å². The van der Waals surface area contributed by atoms with Crippen molar-refractivity contribution in [2.75, 3.05) is 45.8 Å². The van der Waals surface area contributed by atoms with Crippen LogP contribution in [0, 0.1) is 0 Å². The van der Waals surface area contributed by atoms with Crippen LogP contribution in [-0.4, -0.2) is 75.4 Å². The molecule has 0 radical (unpaired) electrons. The van der Waals surface area contributed by atoms with E-state index in [-0.39, 0.29) is 23.2 Å². The van der Waals surface area contributed by atoms with Gasteiger partial charge < -0.3 is 15.5 Å².